The Kier molecular flexibility index (Phi) is 21.0. The van der Waals surface area contributed by atoms with Gasteiger partial charge in [0.2, 0.25) is 0 Å². The minimum Gasteiger partial charge on any atom is -0.465 e. The minimum absolute atomic E-state index is 0.275. The lowest BCUT2D eigenvalue weighted by Crippen LogP contribution is -2.52. The number of unbranched alkanes of at least 4 members (excludes halogenated alkanes) is 15. The van der Waals surface area contributed by atoms with E-state index < -0.39 is 29.2 Å². The van der Waals surface area contributed by atoms with Gasteiger partial charge in [0, 0.05) is 0 Å². The van der Waals surface area contributed by atoms with E-state index in [1.54, 1.807) is 0 Å². The summed E-state index contributed by atoms with van der Waals surface area (Å²) >= 11 is 0. The summed E-state index contributed by atoms with van der Waals surface area (Å²) in [6, 6.07) is 0. The number of ether oxygens (including phenoxy) is 3. The van der Waals surface area contributed by atoms with Crippen LogP contribution in [0, 0.1) is 11.3 Å². The monoisotopic (exact) mass is 552 g/mol. The Balaban J connectivity index is 2.78. The molecule has 1 unspecified atom stereocenters. The van der Waals surface area contributed by atoms with Crippen molar-refractivity contribution in [3.63, 3.8) is 0 Å². The molecule has 228 valence electrons. The third-order valence-corrected chi connectivity index (χ3v) is 8.13. The topological polar surface area (TPSA) is 78.9 Å². The second kappa shape index (κ2) is 23.1. The summed E-state index contributed by atoms with van der Waals surface area (Å²) in [5, 5.41) is 0. The van der Waals surface area contributed by atoms with Crippen molar-refractivity contribution in [2.24, 2.45) is 11.3 Å². The van der Waals surface area contributed by atoms with Crippen LogP contribution in [0.2, 0.25) is 0 Å². The Morgan fingerprint density at radius 2 is 0.923 bits per heavy atom. The van der Waals surface area contributed by atoms with Gasteiger partial charge in [-0.25, -0.2) is 0 Å². The van der Waals surface area contributed by atoms with Crippen LogP contribution in [0.4, 0.5) is 0 Å². The molecule has 1 aliphatic rings. The van der Waals surface area contributed by atoms with Gasteiger partial charge >= 0.3 is 17.9 Å². The molecule has 0 amide bonds. The molecule has 1 fully saturated rings. The van der Waals surface area contributed by atoms with Crippen LogP contribution in [-0.2, 0) is 28.6 Å². The van der Waals surface area contributed by atoms with Crippen molar-refractivity contribution < 1.29 is 28.6 Å². The molecule has 1 rings (SSSR count). The van der Waals surface area contributed by atoms with Gasteiger partial charge in [-0.1, -0.05) is 130 Å². The molecular formula is C33H60O6. The van der Waals surface area contributed by atoms with Crippen LogP contribution in [0.3, 0.4) is 0 Å². The first-order valence-corrected chi connectivity index (χ1v) is 16.6. The second-order valence-corrected chi connectivity index (χ2v) is 11.5. The predicted octanol–water partition coefficient (Wildman–Crippen LogP) is 8.87. The Morgan fingerprint density at radius 1 is 0.538 bits per heavy atom. The molecule has 0 N–H and O–H groups in total. The van der Waals surface area contributed by atoms with E-state index >= 15 is 0 Å². The highest BCUT2D eigenvalue weighted by molar-refractivity contribution is 6.04. The van der Waals surface area contributed by atoms with Gasteiger partial charge < -0.3 is 14.2 Å². The van der Waals surface area contributed by atoms with Crippen LogP contribution >= 0.6 is 0 Å². The molecule has 0 aromatic rings. The highest BCUT2D eigenvalue weighted by atomic mass is 16.6. The van der Waals surface area contributed by atoms with Gasteiger partial charge in [0.1, 0.15) is 0 Å². The summed E-state index contributed by atoms with van der Waals surface area (Å²) in [6.07, 6.45) is 21.7. The zero-order valence-corrected chi connectivity index (χ0v) is 25.7. The number of esters is 3. The fraction of sp³-hybridized carbons (Fsp3) is 0.909. The van der Waals surface area contributed by atoms with Gasteiger partial charge in [-0.2, -0.15) is 0 Å². The molecule has 0 aliphatic heterocycles. The van der Waals surface area contributed by atoms with Gasteiger partial charge in [0.05, 0.1) is 25.7 Å². The third kappa shape index (κ3) is 14.0. The first kappa shape index (κ1) is 35.4. The van der Waals surface area contributed by atoms with E-state index in [4.69, 9.17) is 14.2 Å². The van der Waals surface area contributed by atoms with E-state index in [9.17, 15) is 14.4 Å². The van der Waals surface area contributed by atoms with Crippen molar-refractivity contribution in [3.8, 4) is 0 Å². The number of hydrogen-bond donors (Lipinski definition) is 0. The Labute approximate surface area is 239 Å². The lowest BCUT2D eigenvalue weighted by molar-refractivity contribution is -0.187. The standard InChI is InChI=1S/C33H60O6/c1-4-7-10-13-16-21-26-37-30(34)29-24-19-20-25-33(29,31(35)38-27-22-17-14-11-8-5-2)32(36)39-28-23-18-15-12-9-6-3/h29H,4-28H2,1-3H3. The van der Waals surface area contributed by atoms with Crippen LogP contribution in [0.5, 0.6) is 0 Å². The van der Waals surface area contributed by atoms with Crippen molar-refractivity contribution in [1.29, 1.82) is 0 Å². The molecule has 0 aromatic heterocycles. The predicted molar refractivity (Wildman–Crippen MR) is 157 cm³/mol. The molecule has 6 heteroatoms. The maximum absolute atomic E-state index is 13.6. The molecule has 0 spiro atoms. The summed E-state index contributed by atoms with van der Waals surface area (Å²) in [5.41, 5.74) is -1.58. The van der Waals surface area contributed by atoms with Crippen LogP contribution in [0.15, 0.2) is 0 Å². The van der Waals surface area contributed by atoms with Crippen molar-refractivity contribution in [3.05, 3.63) is 0 Å². The minimum atomic E-state index is -1.58. The molecule has 0 radical (unpaired) electrons. The van der Waals surface area contributed by atoms with Crippen molar-refractivity contribution in [2.75, 3.05) is 19.8 Å². The number of carbonyl (C=O) groups is 3. The van der Waals surface area contributed by atoms with E-state index in [2.05, 4.69) is 20.8 Å². The van der Waals surface area contributed by atoms with E-state index in [1.165, 1.54) is 57.8 Å². The molecule has 1 atom stereocenters. The zero-order valence-electron chi connectivity index (χ0n) is 25.7. The Morgan fingerprint density at radius 3 is 1.36 bits per heavy atom. The van der Waals surface area contributed by atoms with Crippen molar-refractivity contribution >= 4 is 17.9 Å². The summed E-state index contributed by atoms with van der Waals surface area (Å²) in [5.74, 6) is -2.47. The molecule has 0 bridgehead atoms. The fourth-order valence-corrected chi connectivity index (χ4v) is 5.57. The zero-order chi connectivity index (χ0) is 28.6. The van der Waals surface area contributed by atoms with Crippen LogP contribution in [0.1, 0.15) is 162 Å². The van der Waals surface area contributed by atoms with Crippen LogP contribution < -0.4 is 0 Å². The highest BCUT2D eigenvalue weighted by Gasteiger charge is 2.59. The molecular weight excluding hydrogens is 492 g/mol. The second-order valence-electron chi connectivity index (χ2n) is 11.5. The SMILES string of the molecule is CCCCCCCCOC(=O)C1CCCCC1(C(=O)OCCCCCCCC)C(=O)OCCCCCCCC. The van der Waals surface area contributed by atoms with E-state index in [-0.39, 0.29) is 19.6 Å². The molecule has 6 nitrogen and oxygen atoms in total. The lowest BCUT2D eigenvalue weighted by Gasteiger charge is -2.38. The Bertz CT molecular complexity index is 616. The average molecular weight is 553 g/mol. The smallest absolute Gasteiger partial charge is 0.324 e. The number of hydrogen-bond acceptors (Lipinski definition) is 6. The molecule has 0 saturated heterocycles. The summed E-state index contributed by atoms with van der Waals surface area (Å²) in [4.78, 5) is 40.4. The summed E-state index contributed by atoms with van der Waals surface area (Å²) in [7, 11) is 0. The highest BCUT2D eigenvalue weighted by Crippen LogP contribution is 2.44. The van der Waals surface area contributed by atoms with Crippen LogP contribution in [-0.4, -0.2) is 37.7 Å². The maximum atomic E-state index is 13.6. The maximum Gasteiger partial charge on any atom is 0.324 e. The van der Waals surface area contributed by atoms with Gasteiger partial charge in [0.15, 0.2) is 5.41 Å². The van der Waals surface area contributed by atoms with Gasteiger partial charge in [-0.3, -0.25) is 14.4 Å². The molecule has 0 aromatic carbocycles. The first-order chi connectivity index (χ1) is 19.0. The third-order valence-electron chi connectivity index (χ3n) is 8.13. The van der Waals surface area contributed by atoms with Crippen molar-refractivity contribution in [1.82, 2.24) is 0 Å². The van der Waals surface area contributed by atoms with Gasteiger partial charge in [-0.05, 0) is 32.1 Å². The molecule has 39 heavy (non-hydrogen) atoms. The average Bonchev–Trinajstić information content (AvgIpc) is 2.95. The Hall–Kier alpha value is -1.59. The quantitative estimate of drug-likeness (QED) is 0.0515. The van der Waals surface area contributed by atoms with E-state index in [0.29, 0.717) is 19.4 Å². The normalized spacial score (nSPS) is 16.5. The van der Waals surface area contributed by atoms with Gasteiger partial charge in [0.25, 0.3) is 0 Å². The lowest BCUT2D eigenvalue weighted by atomic mass is 9.66. The number of carbonyl (C=O) groups excluding carboxylic acids is 3. The largest absolute Gasteiger partial charge is 0.465 e. The van der Waals surface area contributed by atoms with Crippen molar-refractivity contribution in [2.45, 2.75) is 162 Å². The molecule has 1 aliphatic carbocycles. The molecule has 1 saturated carbocycles. The first-order valence-electron chi connectivity index (χ1n) is 16.6. The molecule has 0 heterocycles. The van der Waals surface area contributed by atoms with Crippen LogP contribution in [0.25, 0.3) is 0 Å². The fourth-order valence-electron chi connectivity index (χ4n) is 5.57. The van der Waals surface area contributed by atoms with E-state index in [0.717, 1.165) is 64.2 Å². The van der Waals surface area contributed by atoms with Gasteiger partial charge in [-0.15, -0.1) is 0 Å². The summed E-state index contributed by atoms with van der Waals surface area (Å²) in [6.45, 7) is 7.44. The summed E-state index contributed by atoms with van der Waals surface area (Å²) < 4.78 is 17.0. The number of rotatable bonds is 24. The van der Waals surface area contributed by atoms with E-state index in [1.807, 2.05) is 0 Å².